The Morgan fingerprint density at radius 1 is 0.895 bits per heavy atom. The van der Waals surface area contributed by atoms with Crippen molar-refractivity contribution in [2.75, 3.05) is 0 Å². The zero-order valence-electron chi connectivity index (χ0n) is 11.7. The van der Waals surface area contributed by atoms with Gasteiger partial charge < -0.3 is 4.74 Å². The van der Waals surface area contributed by atoms with Crippen molar-refractivity contribution in [3.8, 4) is 11.5 Å². The minimum absolute atomic E-state index is 0.0935. The number of hydrogen-bond donors (Lipinski definition) is 0. The molecule has 0 aliphatic carbocycles. The third kappa shape index (κ3) is 4.91. The highest BCUT2D eigenvalue weighted by Gasteiger charge is 2.01. The van der Waals surface area contributed by atoms with Crippen molar-refractivity contribution in [3.63, 3.8) is 0 Å². The summed E-state index contributed by atoms with van der Waals surface area (Å²) in [5.74, 6) is 1.83. The predicted molar refractivity (Wildman–Crippen MR) is 83.6 cm³/mol. The van der Waals surface area contributed by atoms with Crippen LogP contribution in [0, 0.1) is 0 Å². The van der Waals surface area contributed by atoms with Gasteiger partial charge in [-0.3, -0.25) is 0 Å². The molecule has 0 heterocycles. The molecule has 19 heavy (non-hydrogen) atoms. The molecule has 0 aliphatic heterocycles. The minimum atomic E-state index is -0.0935. The van der Waals surface area contributed by atoms with Crippen LogP contribution in [0.3, 0.4) is 0 Å². The van der Waals surface area contributed by atoms with E-state index < -0.39 is 0 Å². The third-order valence-corrected chi connectivity index (χ3v) is 4.37. The van der Waals surface area contributed by atoms with Crippen LogP contribution >= 0.6 is 0 Å². The molecule has 0 fully saturated rings. The van der Waals surface area contributed by atoms with Crippen LogP contribution in [0.5, 0.6) is 11.5 Å². The monoisotopic (exact) mass is 269 g/mol. The van der Waals surface area contributed by atoms with Crippen LogP contribution in [0.4, 0.5) is 0 Å². The average Bonchev–Trinajstić information content (AvgIpc) is 2.40. The lowest BCUT2D eigenvalue weighted by molar-refractivity contribution is 0.482. The molecule has 2 heteroatoms. The molecule has 0 aromatic heterocycles. The number of aryl methyl sites for hydroxylation is 1. The second-order valence-corrected chi connectivity index (χ2v) is 8.04. The summed E-state index contributed by atoms with van der Waals surface area (Å²) in [5.41, 5.74) is 1.37. The Labute approximate surface area is 117 Å². The number of benzene rings is 2. The minimum Gasteiger partial charge on any atom is -0.457 e. The Kier molecular flexibility index (Phi) is 5.22. The van der Waals surface area contributed by atoms with Gasteiger partial charge in [0.15, 0.2) is 0 Å². The van der Waals surface area contributed by atoms with E-state index in [1.807, 2.05) is 36.4 Å². The van der Waals surface area contributed by atoms with Crippen molar-refractivity contribution in [1.82, 2.24) is 0 Å². The molecule has 1 nitrogen and oxygen atoms in total. The Morgan fingerprint density at radius 3 is 2.37 bits per heavy atom. The lowest BCUT2D eigenvalue weighted by Crippen LogP contribution is -1.99. The number of ether oxygens (including phenoxy) is 1. The molecule has 0 bridgehead atoms. The maximum absolute atomic E-state index is 5.85. The van der Waals surface area contributed by atoms with Gasteiger partial charge in [-0.05, 0) is 36.2 Å². The van der Waals surface area contributed by atoms with Crippen LogP contribution in [0.2, 0.25) is 19.1 Å². The van der Waals surface area contributed by atoms with E-state index in [1.165, 1.54) is 18.0 Å². The van der Waals surface area contributed by atoms with Crippen LogP contribution in [0.25, 0.3) is 0 Å². The quantitative estimate of drug-likeness (QED) is 0.658. The van der Waals surface area contributed by atoms with Crippen molar-refractivity contribution in [2.45, 2.75) is 32.0 Å². The van der Waals surface area contributed by atoms with Crippen molar-refractivity contribution >= 4 is 8.80 Å². The van der Waals surface area contributed by atoms with E-state index in [0.29, 0.717) is 0 Å². The summed E-state index contributed by atoms with van der Waals surface area (Å²) in [4.78, 5) is 0. The molecule has 0 unspecified atom stereocenters. The van der Waals surface area contributed by atoms with Gasteiger partial charge in [0.05, 0.1) is 0 Å². The van der Waals surface area contributed by atoms with E-state index in [9.17, 15) is 0 Å². The average molecular weight is 269 g/mol. The lowest BCUT2D eigenvalue weighted by Gasteiger charge is -2.08. The molecule has 0 spiro atoms. The van der Waals surface area contributed by atoms with E-state index in [4.69, 9.17) is 4.74 Å². The summed E-state index contributed by atoms with van der Waals surface area (Å²) in [6, 6.07) is 19.8. The van der Waals surface area contributed by atoms with Gasteiger partial charge >= 0.3 is 0 Å². The first-order valence-electron chi connectivity index (χ1n) is 6.85. The molecule has 0 amide bonds. The first-order chi connectivity index (χ1) is 9.24. The van der Waals surface area contributed by atoms with E-state index in [-0.39, 0.29) is 8.80 Å². The fraction of sp³-hybridized carbons (Fsp3) is 0.294. The molecule has 0 saturated heterocycles. The Bertz CT molecular complexity index is 494. The molecular weight excluding hydrogens is 248 g/mol. The van der Waals surface area contributed by atoms with Crippen LogP contribution in [-0.4, -0.2) is 8.80 Å². The highest BCUT2D eigenvalue weighted by atomic mass is 28.3. The van der Waals surface area contributed by atoms with Gasteiger partial charge in [0, 0.05) is 8.80 Å². The maximum atomic E-state index is 5.85. The Hall–Kier alpha value is -1.54. The first-order valence-corrected chi connectivity index (χ1v) is 9.55. The molecule has 99 valence electrons. The van der Waals surface area contributed by atoms with Gasteiger partial charge in [0.25, 0.3) is 0 Å². The standard InChI is InChI=1S/C17H21OSi/c1-19(2)13-7-9-15-8-6-12-17(14-15)18-16-10-4-3-5-11-16/h3-6,8,10-12,14H,7,9,13H2,1-2H3. The fourth-order valence-corrected chi connectivity index (χ4v) is 2.92. The number of para-hydroxylation sites is 1. The van der Waals surface area contributed by atoms with Gasteiger partial charge in [0.2, 0.25) is 0 Å². The van der Waals surface area contributed by atoms with Crippen LogP contribution in [0.15, 0.2) is 54.6 Å². The normalized spacial score (nSPS) is 10.7. The second-order valence-electron chi connectivity index (χ2n) is 5.12. The molecule has 2 aromatic carbocycles. The molecule has 2 aromatic rings. The summed E-state index contributed by atoms with van der Waals surface area (Å²) < 4.78 is 5.85. The summed E-state index contributed by atoms with van der Waals surface area (Å²) in [7, 11) is -0.0935. The zero-order chi connectivity index (χ0) is 13.5. The van der Waals surface area contributed by atoms with Crippen molar-refractivity contribution in [2.24, 2.45) is 0 Å². The van der Waals surface area contributed by atoms with Crippen LogP contribution in [0.1, 0.15) is 12.0 Å². The number of rotatable bonds is 6. The maximum Gasteiger partial charge on any atom is 0.127 e. The summed E-state index contributed by atoms with van der Waals surface area (Å²) in [5, 5.41) is 0. The van der Waals surface area contributed by atoms with E-state index in [1.54, 1.807) is 0 Å². The zero-order valence-corrected chi connectivity index (χ0v) is 12.7. The molecule has 0 atom stereocenters. The largest absolute Gasteiger partial charge is 0.457 e. The van der Waals surface area contributed by atoms with E-state index in [2.05, 4.69) is 31.3 Å². The van der Waals surface area contributed by atoms with Crippen molar-refractivity contribution in [3.05, 3.63) is 60.2 Å². The van der Waals surface area contributed by atoms with Gasteiger partial charge in [-0.15, -0.1) is 0 Å². The molecule has 0 saturated carbocycles. The lowest BCUT2D eigenvalue weighted by atomic mass is 10.1. The van der Waals surface area contributed by atoms with Gasteiger partial charge in [0.1, 0.15) is 11.5 Å². The van der Waals surface area contributed by atoms with E-state index >= 15 is 0 Å². The number of hydrogen-bond acceptors (Lipinski definition) is 1. The van der Waals surface area contributed by atoms with Crippen molar-refractivity contribution < 1.29 is 4.74 Å². The fourth-order valence-electron chi connectivity index (χ4n) is 2.04. The molecule has 0 aliphatic rings. The molecular formula is C17H21OSi. The predicted octanol–water partition coefficient (Wildman–Crippen LogP) is 5.17. The van der Waals surface area contributed by atoms with Gasteiger partial charge in [-0.25, -0.2) is 0 Å². The Morgan fingerprint density at radius 2 is 1.63 bits per heavy atom. The molecule has 0 N–H and O–H groups in total. The van der Waals surface area contributed by atoms with Gasteiger partial charge in [-0.1, -0.05) is 55.9 Å². The van der Waals surface area contributed by atoms with Crippen molar-refractivity contribution in [1.29, 1.82) is 0 Å². The van der Waals surface area contributed by atoms with Crippen LogP contribution < -0.4 is 4.74 Å². The Balaban J connectivity index is 1.95. The summed E-state index contributed by atoms with van der Waals surface area (Å²) in [6.07, 6.45) is 2.44. The van der Waals surface area contributed by atoms with Crippen LogP contribution in [-0.2, 0) is 6.42 Å². The highest BCUT2D eigenvalue weighted by Crippen LogP contribution is 2.22. The summed E-state index contributed by atoms with van der Waals surface area (Å²) >= 11 is 0. The topological polar surface area (TPSA) is 9.23 Å². The summed E-state index contributed by atoms with van der Waals surface area (Å²) in [6.45, 7) is 4.75. The third-order valence-electron chi connectivity index (χ3n) is 3.02. The van der Waals surface area contributed by atoms with E-state index in [0.717, 1.165) is 17.9 Å². The second kappa shape index (κ2) is 7.15. The first kappa shape index (κ1) is 13.9. The molecule has 1 radical (unpaired) electrons. The highest BCUT2D eigenvalue weighted by molar-refractivity contribution is 6.55. The molecule has 2 rings (SSSR count). The van der Waals surface area contributed by atoms with Gasteiger partial charge in [-0.2, -0.15) is 0 Å². The smallest absolute Gasteiger partial charge is 0.127 e. The SMILES string of the molecule is C[Si](C)CCCc1cccc(Oc2ccccc2)c1.